The molecule has 1 aliphatic carbocycles. The van der Waals surface area contributed by atoms with Crippen LogP contribution in [0.3, 0.4) is 0 Å². The van der Waals surface area contributed by atoms with Crippen LogP contribution in [0, 0.1) is 21.3 Å². The molecule has 8 nitrogen and oxygen atoms in total. The molecule has 4 atom stereocenters. The number of carbonyl (C=O) groups is 3. The first kappa shape index (κ1) is 26.7. The molecule has 1 aromatic rings. The molecule has 1 N–H and O–H groups in total. The summed E-state index contributed by atoms with van der Waals surface area (Å²) >= 11 is 2.08. The van der Waals surface area contributed by atoms with Gasteiger partial charge >= 0.3 is 6.09 Å². The maximum Gasteiger partial charge on any atom is 0.423 e. The maximum atomic E-state index is 13.1. The molecule has 0 spiro atoms. The Balaban J connectivity index is 1.54. The van der Waals surface area contributed by atoms with Crippen LogP contribution in [-0.4, -0.2) is 54.8 Å². The van der Waals surface area contributed by atoms with Gasteiger partial charge in [-0.05, 0) is 78.5 Å². The van der Waals surface area contributed by atoms with Crippen molar-refractivity contribution in [3.63, 3.8) is 0 Å². The maximum absolute atomic E-state index is 13.1. The Morgan fingerprint density at radius 2 is 2.00 bits per heavy atom. The number of hydrogen-bond acceptors (Lipinski definition) is 7. The Bertz CT molecular complexity index is 1140. The molecule has 2 saturated heterocycles. The Labute approximate surface area is 224 Å². The van der Waals surface area contributed by atoms with E-state index in [-0.39, 0.29) is 17.8 Å². The van der Waals surface area contributed by atoms with Gasteiger partial charge in [-0.15, -0.1) is 0 Å². The Morgan fingerprint density at radius 1 is 1.25 bits per heavy atom. The van der Waals surface area contributed by atoms with Crippen molar-refractivity contribution in [1.29, 1.82) is 0 Å². The van der Waals surface area contributed by atoms with Crippen molar-refractivity contribution in [2.45, 2.75) is 52.1 Å². The second-order valence-corrected chi connectivity index (χ2v) is 10.8. The minimum atomic E-state index is -0.908. The molecule has 0 unspecified atom stereocenters. The highest BCUT2D eigenvalue weighted by Crippen LogP contribution is 2.50. The van der Waals surface area contributed by atoms with Crippen LogP contribution in [0.5, 0.6) is 11.5 Å². The number of ether oxygens (including phenoxy) is 3. The van der Waals surface area contributed by atoms with E-state index in [9.17, 15) is 19.5 Å². The van der Waals surface area contributed by atoms with Crippen LogP contribution in [-0.2, 0) is 19.1 Å². The molecule has 0 radical (unpaired) electrons. The number of imide groups is 3. The fourth-order valence-corrected chi connectivity index (χ4v) is 6.46. The summed E-state index contributed by atoms with van der Waals surface area (Å²) < 4.78 is 16.9. The third kappa shape index (κ3) is 4.79. The zero-order valence-corrected chi connectivity index (χ0v) is 23.2. The minimum absolute atomic E-state index is 0.120. The Kier molecular flexibility index (Phi) is 8.09. The van der Waals surface area contributed by atoms with E-state index in [0.29, 0.717) is 23.7 Å². The number of fused-ring (bicyclic) bond motifs is 3. The van der Waals surface area contributed by atoms with E-state index in [4.69, 9.17) is 14.2 Å². The van der Waals surface area contributed by atoms with Crippen molar-refractivity contribution in [1.82, 2.24) is 4.90 Å². The molecule has 194 valence electrons. The van der Waals surface area contributed by atoms with Gasteiger partial charge in [-0.25, -0.2) is 4.79 Å². The number of phenolic OH excluding ortho intramolecular Hbond substituents is 1. The molecule has 2 aliphatic heterocycles. The minimum Gasteiger partial charge on any atom is -0.504 e. The summed E-state index contributed by atoms with van der Waals surface area (Å²) in [5, 5.41) is 10.1. The molecule has 0 bridgehead atoms. The van der Waals surface area contributed by atoms with Gasteiger partial charge in [0.1, 0.15) is 0 Å². The molecule has 4 rings (SSSR count). The average Bonchev–Trinajstić information content (AvgIpc) is 3.38. The normalized spacial score (nSPS) is 25.8. The topological polar surface area (TPSA) is 102 Å². The molecule has 1 aromatic carbocycles. The number of phenols is 1. The van der Waals surface area contributed by atoms with Crippen molar-refractivity contribution in [3.8, 4) is 11.5 Å². The summed E-state index contributed by atoms with van der Waals surface area (Å²) in [4.78, 5) is 38.9. The molecule has 3 aliphatic rings. The van der Waals surface area contributed by atoms with Crippen LogP contribution in [0.15, 0.2) is 28.9 Å². The van der Waals surface area contributed by atoms with Gasteiger partial charge < -0.3 is 19.3 Å². The summed E-state index contributed by atoms with van der Waals surface area (Å²) in [5.74, 6) is -1.63. The lowest BCUT2D eigenvalue weighted by Crippen LogP contribution is -2.38. The summed E-state index contributed by atoms with van der Waals surface area (Å²) in [6.45, 7) is 4.53. The molecule has 9 heteroatoms. The first-order valence-corrected chi connectivity index (χ1v) is 13.3. The van der Waals surface area contributed by atoms with Crippen LogP contribution < -0.4 is 4.74 Å². The summed E-state index contributed by atoms with van der Waals surface area (Å²) in [6.07, 6.45) is 4.85. The monoisotopic (exact) mass is 609 g/mol. The van der Waals surface area contributed by atoms with Gasteiger partial charge in [-0.1, -0.05) is 30.6 Å². The number of carbonyl (C=O) groups excluding carboxylic acids is 3. The van der Waals surface area contributed by atoms with Crippen molar-refractivity contribution < 1.29 is 33.7 Å². The molecule has 36 heavy (non-hydrogen) atoms. The summed E-state index contributed by atoms with van der Waals surface area (Å²) in [5.41, 5.74) is 4.44. The third-order valence-corrected chi connectivity index (χ3v) is 8.22. The van der Waals surface area contributed by atoms with Gasteiger partial charge in [0.25, 0.3) is 0 Å². The molecule has 2 fully saturated rings. The van der Waals surface area contributed by atoms with Crippen LogP contribution >= 0.6 is 22.6 Å². The number of allylic oxidation sites excluding steroid dienone is 2. The number of rotatable bonds is 7. The lowest BCUT2D eigenvalue weighted by atomic mass is 9.68. The zero-order valence-electron chi connectivity index (χ0n) is 21.0. The van der Waals surface area contributed by atoms with Gasteiger partial charge in [0.05, 0.1) is 42.3 Å². The number of likely N-dealkylation sites (tertiary alicyclic amines) is 1. The third-order valence-electron chi connectivity index (χ3n) is 7.40. The number of hydrogen-bond donors (Lipinski definition) is 1. The van der Waals surface area contributed by atoms with E-state index >= 15 is 0 Å². The van der Waals surface area contributed by atoms with Gasteiger partial charge in [-0.3, -0.25) is 9.59 Å². The molecular weight excluding hydrogens is 577 g/mol. The summed E-state index contributed by atoms with van der Waals surface area (Å²) in [6, 6.07) is 3.71. The smallest absolute Gasteiger partial charge is 0.423 e. The molecule has 0 aromatic heterocycles. The quantitative estimate of drug-likeness (QED) is 0.262. The Morgan fingerprint density at radius 3 is 2.67 bits per heavy atom. The standard InChI is InChI=1S/C27H32INO7/c1-5-6-16-12-17-23(26(32)29(25(17)31)27(33)35-4)18-13-36-20(22(16)18)8-7-14(2)9-15-10-19(28)24(30)21(11-15)34-3/h9-11,17-18,20,23,30H,5-8,12-13H2,1-4H3/b14-9+/t17-,18+,20-,23-/m1/s1. The van der Waals surface area contributed by atoms with Crippen LogP contribution in [0.4, 0.5) is 4.79 Å². The largest absolute Gasteiger partial charge is 0.504 e. The SMILES string of the molecule is CCCC1=C2[C@@H](CC/C(C)=C/c3cc(I)c(O)c(OC)c3)OC[C@@H]2[C@@H]2C(=O)N(C(=O)OC)C(=O)[C@@H]2C1. The van der Waals surface area contributed by atoms with E-state index in [1.165, 1.54) is 19.8 Å². The lowest BCUT2D eigenvalue weighted by molar-refractivity contribution is -0.137. The highest BCUT2D eigenvalue weighted by atomic mass is 127. The molecule has 3 amide bonds. The first-order chi connectivity index (χ1) is 17.2. The van der Waals surface area contributed by atoms with E-state index in [0.717, 1.165) is 46.0 Å². The second kappa shape index (κ2) is 10.9. The zero-order chi connectivity index (χ0) is 26.1. The van der Waals surface area contributed by atoms with Gasteiger partial charge in [0.15, 0.2) is 11.5 Å². The van der Waals surface area contributed by atoms with Gasteiger partial charge in [-0.2, -0.15) is 4.90 Å². The number of halogens is 1. The van der Waals surface area contributed by atoms with Crippen LogP contribution in [0.25, 0.3) is 6.08 Å². The highest BCUT2D eigenvalue weighted by Gasteiger charge is 2.58. The average molecular weight is 609 g/mol. The fraction of sp³-hybridized carbons (Fsp3) is 0.519. The molecule has 0 saturated carbocycles. The van der Waals surface area contributed by atoms with Gasteiger partial charge in [0, 0.05) is 5.92 Å². The highest BCUT2D eigenvalue weighted by molar-refractivity contribution is 14.1. The van der Waals surface area contributed by atoms with Crippen molar-refractivity contribution in [2.75, 3.05) is 20.8 Å². The number of methoxy groups -OCH3 is 2. The predicted molar refractivity (Wildman–Crippen MR) is 141 cm³/mol. The number of amides is 3. The summed E-state index contributed by atoms with van der Waals surface area (Å²) in [7, 11) is 2.71. The van der Waals surface area contributed by atoms with Crippen LogP contribution in [0.1, 0.15) is 51.5 Å². The number of benzene rings is 1. The van der Waals surface area contributed by atoms with Gasteiger partial charge in [0.2, 0.25) is 11.8 Å². The van der Waals surface area contributed by atoms with Crippen LogP contribution in [0.2, 0.25) is 0 Å². The van der Waals surface area contributed by atoms with E-state index in [2.05, 4.69) is 42.5 Å². The lowest BCUT2D eigenvalue weighted by Gasteiger charge is -2.31. The van der Waals surface area contributed by atoms with Crippen molar-refractivity contribution in [3.05, 3.63) is 38.0 Å². The van der Waals surface area contributed by atoms with Crippen molar-refractivity contribution >= 4 is 46.6 Å². The van der Waals surface area contributed by atoms with E-state index in [1.54, 1.807) is 0 Å². The van der Waals surface area contributed by atoms with Crippen molar-refractivity contribution in [2.24, 2.45) is 17.8 Å². The molecular formula is C27H32INO7. The molecule has 2 heterocycles. The number of nitrogens with zero attached hydrogens (tertiary/aromatic N) is 1. The van der Waals surface area contributed by atoms with E-state index < -0.39 is 29.7 Å². The van der Waals surface area contributed by atoms with E-state index in [1.807, 2.05) is 12.1 Å². The predicted octanol–water partition coefficient (Wildman–Crippen LogP) is 5.07. The first-order valence-electron chi connectivity index (χ1n) is 12.2. The second-order valence-electron chi connectivity index (χ2n) is 9.64. The Hall–Kier alpha value is -2.40. The number of aromatic hydroxyl groups is 1. The fourth-order valence-electron chi connectivity index (χ4n) is 5.83.